The van der Waals surface area contributed by atoms with Gasteiger partial charge < -0.3 is 19.5 Å². The summed E-state index contributed by atoms with van der Waals surface area (Å²) in [7, 11) is 3.66. The van der Waals surface area contributed by atoms with Crippen molar-refractivity contribution in [2.24, 2.45) is 5.41 Å². The Morgan fingerprint density at radius 3 is 2.70 bits per heavy atom. The highest BCUT2D eigenvalue weighted by molar-refractivity contribution is 5.39. The third-order valence-electron chi connectivity index (χ3n) is 4.29. The van der Waals surface area contributed by atoms with Crippen LogP contribution in [0.4, 0.5) is 0 Å². The van der Waals surface area contributed by atoms with Gasteiger partial charge in [-0.2, -0.15) is 0 Å². The van der Waals surface area contributed by atoms with Gasteiger partial charge in [0.05, 0.1) is 19.8 Å². The zero-order valence-corrected chi connectivity index (χ0v) is 12.6. The van der Waals surface area contributed by atoms with E-state index < -0.39 is 0 Å². The fraction of sp³-hybridized carbons (Fsp3) is 0.625. The van der Waals surface area contributed by atoms with Crippen LogP contribution in [0, 0.1) is 5.41 Å². The minimum absolute atomic E-state index is 0.177. The van der Waals surface area contributed by atoms with Crippen LogP contribution in [-0.2, 0) is 4.74 Å². The minimum atomic E-state index is 0.177. The van der Waals surface area contributed by atoms with Crippen LogP contribution in [-0.4, -0.2) is 40.0 Å². The zero-order chi connectivity index (χ0) is 14.4. The van der Waals surface area contributed by atoms with Crippen molar-refractivity contribution in [3.8, 4) is 11.5 Å². The largest absolute Gasteiger partial charge is 0.493 e. The van der Waals surface area contributed by atoms with Crippen LogP contribution in [0.15, 0.2) is 24.3 Å². The highest BCUT2D eigenvalue weighted by Gasteiger charge is 2.40. The first-order valence-corrected chi connectivity index (χ1v) is 7.24. The van der Waals surface area contributed by atoms with Crippen LogP contribution in [0.3, 0.4) is 0 Å². The second kappa shape index (κ2) is 6.95. The SMILES string of the molecule is CNCC1(CCOc2ccccc2OC)CCOC1C. The maximum absolute atomic E-state index is 5.90. The summed E-state index contributed by atoms with van der Waals surface area (Å²) >= 11 is 0. The highest BCUT2D eigenvalue weighted by atomic mass is 16.5. The first kappa shape index (κ1) is 15.1. The summed E-state index contributed by atoms with van der Waals surface area (Å²) in [5.41, 5.74) is 0.177. The number of rotatable bonds is 7. The van der Waals surface area contributed by atoms with Gasteiger partial charge in [0.25, 0.3) is 0 Å². The molecule has 0 radical (unpaired) electrons. The van der Waals surface area contributed by atoms with Crippen molar-refractivity contribution in [1.29, 1.82) is 0 Å². The van der Waals surface area contributed by atoms with Crippen molar-refractivity contribution < 1.29 is 14.2 Å². The Morgan fingerprint density at radius 2 is 2.10 bits per heavy atom. The molecular weight excluding hydrogens is 254 g/mol. The van der Waals surface area contributed by atoms with Crippen LogP contribution in [0.25, 0.3) is 0 Å². The fourth-order valence-electron chi connectivity index (χ4n) is 2.92. The molecular formula is C16H25NO3. The van der Waals surface area contributed by atoms with E-state index in [-0.39, 0.29) is 11.5 Å². The van der Waals surface area contributed by atoms with Gasteiger partial charge in [-0.25, -0.2) is 0 Å². The van der Waals surface area contributed by atoms with Crippen molar-refractivity contribution in [3.63, 3.8) is 0 Å². The van der Waals surface area contributed by atoms with E-state index in [2.05, 4.69) is 12.2 Å². The summed E-state index contributed by atoms with van der Waals surface area (Å²) in [4.78, 5) is 0. The van der Waals surface area contributed by atoms with Crippen LogP contribution in [0.2, 0.25) is 0 Å². The van der Waals surface area contributed by atoms with Crippen LogP contribution >= 0.6 is 0 Å². The molecule has 0 bridgehead atoms. The molecule has 2 unspecified atom stereocenters. The summed E-state index contributed by atoms with van der Waals surface area (Å²) in [6.45, 7) is 4.64. The number of hydrogen-bond acceptors (Lipinski definition) is 4. The molecule has 0 saturated carbocycles. The molecule has 1 aliphatic heterocycles. The van der Waals surface area contributed by atoms with Gasteiger partial charge in [0.2, 0.25) is 0 Å². The molecule has 1 N–H and O–H groups in total. The number of hydrogen-bond donors (Lipinski definition) is 1. The van der Waals surface area contributed by atoms with Crippen molar-refractivity contribution in [2.45, 2.75) is 25.9 Å². The van der Waals surface area contributed by atoms with Crippen molar-refractivity contribution in [2.75, 3.05) is 33.9 Å². The number of para-hydroxylation sites is 2. The predicted octanol–water partition coefficient (Wildman–Crippen LogP) is 2.48. The number of methoxy groups -OCH3 is 1. The Balaban J connectivity index is 1.93. The lowest BCUT2D eigenvalue weighted by molar-refractivity contribution is 0.0513. The van der Waals surface area contributed by atoms with E-state index in [9.17, 15) is 0 Å². The van der Waals surface area contributed by atoms with E-state index in [4.69, 9.17) is 14.2 Å². The number of nitrogens with one attached hydrogen (secondary N) is 1. The lowest BCUT2D eigenvalue weighted by Gasteiger charge is -2.32. The second-order valence-corrected chi connectivity index (χ2v) is 5.41. The van der Waals surface area contributed by atoms with Gasteiger partial charge in [-0.05, 0) is 38.9 Å². The molecule has 4 nitrogen and oxygen atoms in total. The monoisotopic (exact) mass is 279 g/mol. The van der Waals surface area contributed by atoms with Crippen LogP contribution in [0.5, 0.6) is 11.5 Å². The molecule has 112 valence electrons. The molecule has 0 aromatic heterocycles. The van der Waals surface area contributed by atoms with Gasteiger partial charge in [-0.15, -0.1) is 0 Å². The van der Waals surface area contributed by atoms with Crippen molar-refractivity contribution in [3.05, 3.63) is 24.3 Å². The van der Waals surface area contributed by atoms with Gasteiger partial charge in [0.1, 0.15) is 0 Å². The fourth-order valence-corrected chi connectivity index (χ4v) is 2.92. The van der Waals surface area contributed by atoms with E-state index in [0.717, 1.165) is 37.5 Å². The van der Waals surface area contributed by atoms with Gasteiger partial charge in [0, 0.05) is 18.6 Å². The maximum Gasteiger partial charge on any atom is 0.161 e. The molecule has 1 saturated heterocycles. The average Bonchev–Trinajstić information content (AvgIpc) is 2.81. The lowest BCUT2D eigenvalue weighted by atomic mass is 9.78. The topological polar surface area (TPSA) is 39.7 Å². The Morgan fingerprint density at radius 1 is 1.35 bits per heavy atom. The van der Waals surface area contributed by atoms with Gasteiger partial charge in [-0.1, -0.05) is 12.1 Å². The summed E-state index contributed by atoms with van der Waals surface area (Å²) in [6.07, 6.45) is 2.34. The summed E-state index contributed by atoms with van der Waals surface area (Å²) in [5.74, 6) is 1.59. The molecule has 1 aromatic carbocycles. The first-order chi connectivity index (χ1) is 9.72. The Hall–Kier alpha value is -1.26. The quantitative estimate of drug-likeness (QED) is 0.832. The summed E-state index contributed by atoms with van der Waals surface area (Å²) in [5, 5.41) is 3.29. The molecule has 1 aliphatic rings. The van der Waals surface area contributed by atoms with E-state index in [0.29, 0.717) is 6.61 Å². The third kappa shape index (κ3) is 3.25. The lowest BCUT2D eigenvalue weighted by Crippen LogP contribution is -2.39. The molecule has 20 heavy (non-hydrogen) atoms. The van der Waals surface area contributed by atoms with Gasteiger partial charge in [-0.3, -0.25) is 0 Å². The molecule has 2 atom stereocenters. The van der Waals surface area contributed by atoms with Crippen LogP contribution in [0.1, 0.15) is 19.8 Å². The third-order valence-corrected chi connectivity index (χ3v) is 4.29. The molecule has 2 rings (SSSR count). The van der Waals surface area contributed by atoms with Crippen molar-refractivity contribution >= 4 is 0 Å². The molecule has 0 aliphatic carbocycles. The van der Waals surface area contributed by atoms with Gasteiger partial charge >= 0.3 is 0 Å². The zero-order valence-electron chi connectivity index (χ0n) is 12.6. The van der Waals surface area contributed by atoms with E-state index in [1.807, 2.05) is 31.3 Å². The van der Waals surface area contributed by atoms with E-state index in [1.54, 1.807) is 7.11 Å². The Kier molecular flexibility index (Phi) is 5.26. The molecule has 1 fully saturated rings. The first-order valence-electron chi connectivity index (χ1n) is 7.24. The normalized spacial score (nSPS) is 25.6. The smallest absolute Gasteiger partial charge is 0.161 e. The Labute approximate surface area is 121 Å². The average molecular weight is 279 g/mol. The van der Waals surface area contributed by atoms with E-state index >= 15 is 0 Å². The molecule has 4 heteroatoms. The second-order valence-electron chi connectivity index (χ2n) is 5.41. The summed E-state index contributed by atoms with van der Waals surface area (Å²) < 4.78 is 16.9. The molecule has 0 amide bonds. The Bertz CT molecular complexity index is 424. The minimum Gasteiger partial charge on any atom is -0.493 e. The van der Waals surface area contributed by atoms with Crippen molar-refractivity contribution in [1.82, 2.24) is 5.32 Å². The standard InChI is InChI=1S/C16H25NO3/c1-13-16(12-17-2,8-10-19-13)9-11-20-15-7-5-4-6-14(15)18-3/h4-7,13,17H,8-12H2,1-3H3. The molecule has 1 aromatic rings. The number of benzene rings is 1. The molecule has 0 spiro atoms. The van der Waals surface area contributed by atoms with E-state index in [1.165, 1.54) is 0 Å². The summed E-state index contributed by atoms with van der Waals surface area (Å²) in [6, 6.07) is 7.77. The van der Waals surface area contributed by atoms with Gasteiger partial charge in [0.15, 0.2) is 11.5 Å². The number of ether oxygens (including phenoxy) is 3. The van der Waals surface area contributed by atoms with Crippen LogP contribution < -0.4 is 14.8 Å². The maximum atomic E-state index is 5.90. The molecule has 1 heterocycles. The predicted molar refractivity (Wildman–Crippen MR) is 79.5 cm³/mol. The highest BCUT2D eigenvalue weighted by Crippen LogP contribution is 2.38.